The van der Waals surface area contributed by atoms with Crippen LogP contribution in [0.15, 0.2) is 91.0 Å². The lowest BCUT2D eigenvalue weighted by Gasteiger charge is -2.45. The summed E-state index contributed by atoms with van der Waals surface area (Å²) >= 11 is 0. The molecule has 1 aliphatic rings. The molecule has 216 valence electrons. The van der Waals surface area contributed by atoms with Crippen molar-refractivity contribution in [3.63, 3.8) is 0 Å². The summed E-state index contributed by atoms with van der Waals surface area (Å²) in [6.45, 7) is 3.53. The van der Waals surface area contributed by atoms with Gasteiger partial charge in [-0.15, -0.1) is 0 Å². The zero-order chi connectivity index (χ0) is 29.4. The highest BCUT2D eigenvalue weighted by Gasteiger charge is 2.53. The van der Waals surface area contributed by atoms with Crippen LogP contribution in [0.2, 0.25) is 0 Å². The molecule has 1 heterocycles. The molecule has 41 heavy (non-hydrogen) atoms. The third-order valence-corrected chi connectivity index (χ3v) is 6.73. The van der Waals surface area contributed by atoms with Crippen LogP contribution in [0.5, 0.6) is 0 Å². The minimum atomic E-state index is -1.22. The number of benzene rings is 3. The van der Waals surface area contributed by atoms with E-state index in [1.54, 1.807) is 0 Å². The Hall–Kier alpha value is -4.05. The molecule has 0 saturated carbocycles. The molecule has 4 rings (SSSR count). The van der Waals surface area contributed by atoms with Gasteiger partial charge in [0.2, 0.25) is 0 Å². The molecule has 0 radical (unpaired) electrons. The number of methoxy groups -OCH3 is 1. The molecule has 1 saturated heterocycles. The fourth-order valence-corrected chi connectivity index (χ4v) is 5.15. The molecule has 1 fully saturated rings. The number of rotatable bonds is 10. The van der Waals surface area contributed by atoms with E-state index in [0.29, 0.717) is 0 Å². The van der Waals surface area contributed by atoms with Gasteiger partial charge in [0.1, 0.15) is 11.7 Å². The van der Waals surface area contributed by atoms with Gasteiger partial charge < -0.3 is 28.4 Å². The first-order valence-electron chi connectivity index (χ1n) is 13.3. The SMILES string of the molecule is CO[C@H]1O[C@H](COC(c2ccccc2)(c2ccccc2)c2ccccc2)[C@H](OC(C)=O)[C@H](OC(C)=O)[C@H]1OC(C)=O. The van der Waals surface area contributed by atoms with Gasteiger partial charge in [0.15, 0.2) is 24.6 Å². The molecule has 9 heteroatoms. The second-order valence-electron chi connectivity index (χ2n) is 9.59. The Morgan fingerprint density at radius 1 is 0.634 bits per heavy atom. The largest absolute Gasteiger partial charge is 0.456 e. The van der Waals surface area contributed by atoms with Gasteiger partial charge in [0, 0.05) is 27.9 Å². The monoisotopic (exact) mass is 562 g/mol. The first-order valence-corrected chi connectivity index (χ1v) is 13.3. The van der Waals surface area contributed by atoms with Gasteiger partial charge in [0.05, 0.1) is 6.61 Å². The van der Waals surface area contributed by atoms with E-state index in [9.17, 15) is 14.4 Å². The highest BCUT2D eigenvalue weighted by Crippen LogP contribution is 2.41. The van der Waals surface area contributed by atoms with E-state index in [1.165, 1.54) is 27.9 Å². The summed E-state index contributed by atoms with van der Waals surface area (Å²) in [5.74, 6) is -1.95. The fraction of sp³-hybridized carbons (Fsp3) is 0.344. The van der Waals surface area contributed by atoms with Gasteiger partial charge in [-0.25, -0.2) is 0 Å². The Bertz CT molecular complexity index is 1200. The van der Waals surface area contributed by atoms with Crippen molar-refractivity contribution in [3.8, 4) is 0 Å². The van der Waals surface area contributed by atoms with Crippen LogP contribution in [0.25, 0.3) is 0 Å². The van der Waals surface area contributed by atoms with Gasteiger partial charge in [-0.3, -0.25) is 14.4 Å². The molecule has 0 unspecified atom stereocenters. The predicted molar refractivity (Wildman–Crippen MR) is 147 cm³/mol. The number of carbonyl (C=O) groups is 3. The Morgan fingerprint density at radius 2 is 1.02 bits per heavy atom. The molecule has 0 amide bonds. The minimum absolute atomic E-state index is 0.124. The molecular weight excluding hydrogens is 528 g/mol. The fourth-order valence-electron chi connectivity index (χ4n) is 5.15. The molecule has 0 bridgehead atoms. The van der Waals surface area contributed by atoms with Crippen molar-refractivity contribution in [1.82, 2.24) is 0 Å². The topological polar surface area (TPSA) is 107 Å². The Kier molecular flexibility index (Phi) is 9.88. The number of hydrogen-bond acceptors (Lipinski definition) is 9. The average molecular weight is 563 g/mol. The maximum atomic E-state index is 12.2. The smallest absolute Gasteiger partial charge is 0.303 e. The van der Waals surface area contributed by atoms with Crippen LogP contribution in [0, 0.1) is 0 Å². The van der Waals surface area contributed by atoms with Gasteiger partial charge >= 0.3 is 17.9 Å². The van der Waals surface area contributed by atoms with Crippen molar-refractivity contribution in [2.45, 2.75) is 57.1 Å². The van der Waals surface area contributed by atoms with Gasteiger partial charge in [-0.2, -0.15) is 0 Å². The van der Waals surface area contributed by atoms with Crippen LogP contribution in [0.1, 0.15) is 37.5 Å². The van der Waals surface area contributed by atoms with Crippen LogP contribution in [-0.2, 0) is 48.4 Å². The van der Waals surface area contributed by atoms with Crippen LogP contribution < -0.4 is 0 Å². The molecule has 9 nitrogen and oxygen atoms in total. The molecule has 0 N–H and O–H groups in total. The van der Waals surface area contributed by atoms with Gasteiger partial charge in [-0.05, 0) is 16.7 Å². The van der Waals surface area contributed by atoms with Gasteiger partial charge in [0.25, 0.3) is 0 Å². The highest BCUT2D eigenvalue weighted by molar-refractivity contribution is 5.68. The van der Waals surface area contributed by atoms with E-state index in [-0.39, 0.29) is 6.61 Å². The molecule has 0 aromatic heterocycles. The summed E-state index contributed by atoms with van der Waals surface area (Å²) in [5, 5.41) is 0. The summed E-state index contributed by atoms with van der Waals surface area (Å²) in [7, 11) is 1.37. The van der Waals surface area contributed by atoms with Crippen LogP contribution in [-0.4, -0.2) is 62.3 Å². The summed E-state index contributed by atoms with van der Waals surface area (Å²) in [4.78, 5) is 36.3. The van der Waals surface area contributed by atoms with Crippen molar-refractivity contribution in [3.05, 3.63) is 108 Å². The normalized spacial score (nSPS) is 22.4. The lowest BCUT2D eigenvalue weighted by Crippen LogP contribution is -2.63. The van der Waals surface area contributed by atoms with Crippen LogP contribution in [0.3, 0.4) is 0 Å². The van der Waals surface area contributed by atoms with Crippen LogP contribution >= 0.6 is 0 Å². The summed E-state index contributed by atoms with van der Waals surface area (Å²) in [6.07, 6.45) is -5.69. The van der Waals surface area contributed by atoms with Crippen molar-refractivity contribution >= 4 is 17.9 Å². The minimum Gasteiger partial charge on any atom is -0.456 e. The van der Waals surface area contributed by atoms with E-state index in [2.05, 4.69) is 0 Å². The predicted octanol–water partition coefficient (Wildman–Crippen LogP) is 4.16. The lowest BCUT2D eigenvalue weighted by molar-refractivity contribution is -0.306. The van der Waals surface area contributed by atoms with Crippen molar-refractivity contribution < 1.29 is 42.8 Å². The number of carbonyl (C=O) groups excluding carboxylic acids is 3. The van der Waals surface area contributed by atoms with E-state index in [4.69, 9.17) is 28.4 Å². The van der Waals surface area contributed by atoms with E-state index in [1.807, 2.05) is 91.0 Å². The van der Waals surface area contributed by atoms with Crippen molar-refractivity contribution in [2.24, 2.45) is 0 Å². The number of ether oxygens (including phenoxy) is 6. The average Bonchev–Trinajstić information content (AvgIpc) is 2.97. The Balaban J connectivity index is 1.80. The Labute approximate surface area is 239 Å². The second-order valence-corrected chi connectivity index (χ2v) is 9.59. The lowest BCUT2D eigenvalue weighted by atomic mass is 9.80. The third kappa shape index (κ3) is 6.82. The molecule has 0 aliphatic carbocycles. The van der Waals surface area contributed by atoms with E-state index in [0.717, 1.165) is 16.7 Å². The molecule has 3 aromatic rings. The maximum Gasteiger partial charge on any atom is 0.303 e. The van der Waals surface area contributed by atoms with Crippen molar-refractivity contribution in [1.29, 1.82) is 0 Å². The summed E-state index contributed by atoms with van der Waals surface area (Å²) < 4.78 is 35.2. The van der Waals surface area contributed by atoms with E-state index < -0.39 is 54.2 Å². The summed E-state index contributed by atoms with van der Waals surface area (Å²) in [5.41, 5.74) is 1.47. The third-order valence-electron chi connectivity index (χ3n) is 6.73. The second kappa shape index (κ2) is 13.5. The molecular formula is C32H34O9. The maximum absolute atomic E-state index is 12.2. The highest BCUT2D eigenvalue weighted by atomic mass is 16.7. The summed E-state index contributed by atoms with van der Waals surface area (Å²) in [6, 6.07) is 29.2. The molecule has 3 aromatic carbocycles. The number of hydrogen-bond donors (Lipinski definition) is 0. The Morgan fingerprint density at radius 3 is 1.41 bits per heavy atom. The molecule has 1 aliphatic heterocycles. The van der Waals surface area contributed by atoms with Crippen molar-refractivity contribution in [2.75, 3.05) is 13.7 Å². The first kappa shape index (κ1) is 29.9. The zero-order valence-corrected chi connectivity index (χ0v) is 23.4. The van der Waals surface area contributed by atoms with Gasteiger partial charge in [-0.1, -0.05) is 91.0 Å². The molecule has 5 atom stereocenters. The standard InChI is InChI=1S/C32H34O9/c1-21(33)38-28-27(41-31(36-4)30(40-23(3)35)29(28)39-22(2)34)20-37-32(24-14-8-5-9-15-24,25-16-10-6-11-17-25)26-18-12-7-13-19-26/h5-19,27-31H,20H2,1-4H3/t27-,28+,29+,30-,31+/m1/s1. The van der Waals surface area contributed by atoms with E-state index >= 15 is 0 Å². The quantitative estimate of drug-likeness (QED) is 0.205. The zero-order valence-electron chi connectivity index (χ0n) is 23.4. The van der Waals surface area contributed by atoms with Crippen LogP contribution in [0.4, 0.5) is 0 Å². The number of esters is 3. The first-order chi connectivity index (χ1) is 19.8. The molecule has 0 spiro atoms.